The number of carbonyl (C=O) groups excluding carboxylic acids is 2. The van der Waals surface area contributed by atoms with Gasteiger partial charge in [0.05, 0.1) is 18.4 Å². The zero-order valence-electron chi connectivity index (χ0n) is 15.2. The second kappa shape index (κ2) is 8.49. The van der Waals surface area contributed by atoms with Crippen LogP contribution in [-0.4, -0.2) is 29.0 Å². The lowest BCUT2D eigenvalue weighted by atomic mass is 10.2. The Morgan fingerprint density at radius 2 is 1.86 bits per heavy atom. The number of hydrogen-bond donors (Lipinski definition) is 2. The number of esters is 1. The first-order valence-electron chi connectivity index (χ1n) is 8.33. The summed E-state index contributed by atoms with van der Waals surface area (Å²) < 4.78 is 4.77. The molecule has 142 valence electrons. The summed E-state index contributed by atoms with van der Waals surface area (Å²) in [5.74, 6) is -0.704. The number of hydrogen-bond acceptors (Lipinski definition) is 6. The van der Waals surface area contributed by atoms with Gasteiger partial charge in [0.25, 0.3) is 5.91 Å². The van der Waals surface area contributed by atoms with Crippen LogP contribution in [0.4, 0.5) is 17.3 Å². The number of rotatable bonds is 5. The van der Waals surface area contributed by atoms with Gasteiger partial charge in [-0.25, -0.2) is 14.8 Å². The minimum atomic E-state index is -0.491. The normalized spacial score (nSPS) is 10.2. The van der Waals surface area contributed by atoms with Crippen molar-refractivity contribution in [3.05, 3.63) is 76.6 Å². The summed E-state index contributed by atoms with van der Waals surface area (Å²) in [6, 6.07) is 13.5. The fraction of sp³-hybridized carbons (Fsp3) is 0.100. The predicted octanol–water partition coefficient (Wildman–Crippen LogP) is 4.22. The molecule has 0 spiro atoms. The van der Waals surface area contributed by atoms with Gasteiger partial charge in [0.2, 0.25) is 5.95 Å². The number of halogens is 1. The van der Waals surface area contributed by atoms with E-state index < -0.39 is 11.9 Å². The van der Waals surface area contributed by atoms with E-state index in [0.29, 0.717) is 22.0 Å². The molecule has 0 aliphatic heterocycles. The number of para-hydroxylation sites is 1. The van der Waals surface area contributed by atoms with Crippen molar-refractivity contribution >= 4 is 40.8 Å². The topological polar surface area (TPSA) is 93.2 Å². The van der Waals surface area contributed by atoms with Crippen molar-refractivity contribution < 1.29 is 14.3 Å². The number of nitrogens with one attached hydrogen (secondary N) is 2. The lowest BCUT2D eigenvalue weighted by Gasteiger charge is -2.11. The lowest BCUT2D eigenvalue weighted by molar-refractivity contribution is 0.0601. The van der Waals surface area contributed by atoms with Crippen LogP contribution in [0.25, 0.3) is 0 Å². The van der Waals surface area contributed by atoms with Gasteiger partial charge in [0.1, 0.15) is 5.69 Å². The Balaban J connectivity index is 1.81. The Bertz CT molecular complexity index is 1040. The maximum Gasteiger partial charge on any atom is 0.339 e. The van der Waals surface area contributed by atoms with Gasteiger partial charge in [-0.2, -0.15) is 0 Å². The van der Waals surface area contributed by atoms with Crippen molar-refractivity contribution in [3.63, 3.8) is 0 Å². The Hall–Kier alpha value is -3.45. The number of nitrogens with zero attached hydrogens (tertiary/aromatic N) is 2. The predicted molar refractivity (Wildman–Crippen MR) is 107 cm³/mol. The highest BCUT2D eigenvalue weighted by Crippen LogP contribution is 2.21. The van der Waals surface area contributed by atoms with Gasteiger partial charge in [0, 0.05) is 16.9 Å². The zero-order valence-corrected chi connectivity index (χ0v) is 15.9. The van der Waals surface area contributed by atoms with Crippen LogP contribution in [0.15, 0.2) is 54.7 Å². The molecular weight excluding hydrogens is 380 g/mol. The van der Waals surface area contributed by atoms with E-state index in [-0.39, 0.29) is 11.6 Å². The Labute approximate surface area is 166 Å². The molecule has 0 fully saturated rings. The number of methoxy groups -OCH3 is 1. The quantitative estimate of drug-likeness (QED) is 0.627. The van der Waals surface area contributed by atoms with Crippen LogP contribution in [0.2, 0.25) is 5.02 Å². The summed E-state index contributed by atoms with van der Waals surface area (Å²) in [5.41, 5.74) is 2.45. The fourth-order valence-corrected chi connectivity index (χ4v) is 2.73. The maximum absolute atomic E-state index is 12.5. The molecule has 3 aromatic rings. The van der Waals surface area contributed by atoms with Crippen LogP contribution in [-0.2, 0) is 4.74 Å². The number of benzene rings is 2. The highest BCUT2D eigenvalue weighted by molar-refractivity contribution is 6.30. The number of anilines is 3. The van der Waals surface area contributed by atoms with Crippen molar-refractivity contribution in [2.24, 2.45) is 0 Å². The van der Waals surface area contributed by atoms with Gasteiger partial charge in [0.15, 0.2) is 0 Å². The zero-order chi connectivity index (χ0) is 20.1. The number of aryl methyl sites for hydroxylation is 1. The van der Waals surface area contributed by atoms with E-state index in [1.54, 1.807) is 42.5 Å². The van der Waals surface area contributed by atoms with Crippen LogP contribution in [0.3, 0.4) is 0 Å². The molecule has 2 aromatic carbocycles. The minimum absolute atomic E-state index is 0.169. The molecule has 3 rings (SSSR count). The molecule has 0 bridgehead atoms. The molecule has 1 amide bonds. The van der Waals surface area contributed by atoms with E-state index in [4.69, 9.17) is 16.3 Å². The molecule has 0 unspecified atom stereocenters. The molecule has 28 heavy (non-hydrogen) atoms. The van der Waals surface area contributed by atoms with Crippen molar-refractivity contribution in [1.82, 2.24) is 9.97 Å². The Kier molecular flexibility index (Phi) is 5.86. The van der Waals surface area contributed by atoms with Crippen LogP contribution >= 0.6 is 11.6 Å². The number of aromatic nitrogens is 2. The van der Waals surface area contributed by atoms with E-state index in [1.807, 2.05) is 6.92 Å². The van der Waals surface area contributed by atoms with E-state index in [9.17, 15) is 9.59 Å². The summed E-state index contributed by atoms with van der Waals surface area (Å²) in [4.78, 5) is 32.8. The molecular formula is C20H17ClN4O3. The summed E-state index contributed by atoms with van der Waals surface area (Å²) in [7, 11) is 1.30. The van der Waals surface area contributed by atoms with Gasteiger partial charge in [-0.1, -0.05) is 23.7 Å². The highest BCUT2D eigenvalue weighted by atomic mass is 35.5. The summed E-state index contributed by atoms with van der Waals surface area (Å²) in [6.07, 6.45) is 1.46. The average molecular weight is 397 g/mol. The molecule has 8 heteroatoms. The van der Waals surface area contributed by atoms with Gasteiger partial charge in [-0.05, 0) is 48.9 Å². The van der Waals surface area contributed by atoms with Crippen molar-refractivity contribution in [1.29, 1.82) is 0 Å². The van der Waals surface area contributed by atoms with Gasteiger partial charge in [-0.15, -0.1) is 0 Å². The molecule has 2 N–H and O–H groups in total. The molecule has 0 saturated heterocycles. The Morgan fingerprint density at radius 3 is 2.61 bits per heavy atom. The van der Waals surface area contributed by atoms with E-state index in [1.165, 1.54) is 19.4 Å². The molecule has 1 aromatic heterocycles. The van der Waals surface area contributed by atoms with Crippen molar-refractivity contribution in [2.75, 3.05) is 17.7 Å². The van der Waals surface area contributed by atoms with E-state index in [2.05, 4.69) is 20.6 Å². The first-order valence-corrected chi connectivity index (χ1v) is 8.70. The molecule has 7 nitrogen and oxygen atoms in total. The summed E-state index contributed by atoms with van der Waals surface area (Å²) in [6.45, 7) is 1.85. The first-order chi connectivity index (χ1) is 13.5. The fourth-order valence-electron chi connectivity index (χ4n) is 2.50. The summed E-state index contributed by atoms with van der Waals surface area (Å²) >= 11 is 5.94. The minimum Gasteiger partial charge on any atom is -0.465 e. The van der Waals surface area contributed by atoms with Crippen LogP contribution in [0, 0.1) is 6.92 Å². The first kappa shape index (κ1) is 19.3. The van der Waals surface area contributed by atoms with Crippen LogP contribution in [0.5, 0.6) is 0 Å². The maximum atomic E-state index is 12.5. The van der Waals surface area contributed by atoms with Crippen LogP contribution in [0.1, 0.15) is 26.4 Å². The third-order valence-corrected chi connectivity index (χ3v) is 4.14. The third-order valence-electron chi connectivity index (χ3n) is 3.90. The summed E-state index contributed by atoms with van der Waals surface area (Å²) in [5, 5.41) is 6.33. The van der Waals surface area contributed by atoms with E-state index in [0.717, 1.165) is 5.56 Å². The second-order valence-corrected chi connectivity index (χ2v) is 6.28. The molecule has 0 aliphatic carbocycles. The lowest BCUT2D eigenvalue weighted by Crippen LogP contribution is -2.15. The van der Waals surface area contributed by atoms with Gasteiger partial charge in [-0.3, -0.25) is 4.79 Å². The number of amides is 1. The largest absolute Gasteiger partial charge is 0.465 e. The molecule has 0 atom stereocenters. The van der Waals surface area contributed by atoms with Crippen molar-refractivity contribution in [2.45, 2.75) is 6.92 Å². The smallest absolute Gasteiger partial charge is 0.339 e. The molecule has 0 radical (unpaired) electrons. The average Bonchev–Trinajstić information content (AvgIpc) is 2.70. The second-order valence-electron chi connectivity index (χ2n) is 5.84. The monoisotopic (exact) mass is 396 g/mol. The highest BCUT2D eigenvalue weighted by Gasteiger charge is 2.14. The Morgan fingerprint density at radius 1 is 1.07 bits per heavy atom. The van der Waals surface area contributed by atoms with Crippen molar-refractivity contribution in [3.8, 4) is 0 Å². The standard InChI is InChI=1S/C20H17ClN4O3/c1-12-11-13(21)7-8-15(12)23-18(26)17-9-10-22-20(25-17)24-16-6-4-3-5-14(16)19(27)28-2/h3-11H,1-2H3,(H,23,26)(H,22,24,25). The molecule has 1 heterocycles. The molecule has 0 aliphatic rings. The van der Waals surface area contributed by atoms with Gasteiger partial charge >= 0.3 is 5.97 Å². The van der Waals surface area contributed by atoms with Crippen LogP contribution < -0.4 is 10.6 Å². The van der Waals surface area contributed by atoms with Gasteiger partial charge < -0.3 is 15.4 Å². The number of carbonyl (C=O) groups is 2. The number of ether oxygens (including phenoxy) is 1. The third kappa shape index (κ3) is 4.44. The van der Waals surface area contributed by atoms with E-state index >= 15 is 0 Å². The molecule has 0 saturated carbocycles. The SMILES string of the molecule is COC(=O)c1ccccc1Nc1nccc(C(=O)Nc2ccc(Cl)cc2C)n1.